The molecular formula is C22H23N3O3S2. The lowest BCUT2D eigenvalue weighted by atomic mass is 10.1. The van der Waals surface area contributed by atoms with Crippen LogP contribution in [0, 0.1) is 0 Å². The molecule has 2 heterocycles. The van der Waals surface area contributed by atoms with Gasteiger partial charge in [-0.2, -0.15) is 0 Å². The molecule has 2 N–H and O–H groups in total. The Bertz CT molecular complexity index is 932. The highest BCUT2D eigenvalue weighted by molar-refractivity contribution is 7.99. The Morgan fingerprint density at radius 2 is 1.70 bits per heavy atom. The summed E-state index contributed by atoms with van der Waals surface area (Å²) in [4.78, 5) is 18.3. The second-order valence-corrected chi connectivity index (χ2v) is 8.85. The SMILES string of the molecule is COc1ccc(-c2nc(CNC(=O)C3CSCN3)sc2-c2ccc(OC)cc2)cc1. The van der Waals surface area contributed by atoms with Crippen LogP contribution in [0.1, 0.15) is 5.01 Å². The lowest BCUT2D eigenvalue weighted by Crippen LogP contribution is -2.41. The lowest BCUT2D eigenvalue weighted by Gasteiger charge is -2.08. The molecular weight excluding hydrogens is 418 g/mol. The van der Waals surface area contributed by atoms with Crippen molar-refractivity contribution in [1.29, 1.82) is 0 Å². The van der Waals surface area contributed by atoms with E-state index in [0.717, 1.165) is 49.8 Å². The second-order valence-electron chi connectivity index (χ2n) is 6.73. The predicted octanol–water partition coefficient (Wildman–Crippen LogP) is 3.77. The fourth-order valence-electron chi connectivity index (χ4n) is 3.17. The summed E-state index contributed by atoms with van der Waals surface area (Å²) in [7, 11) is 3.31. The molecule has 0 radical (unpaired) electrons. The van der Waals surface area contributed by atoms with Crippen LogP contribution in [-0.2, 0) is 11.3 Å². The number of carbonyl (C=O) groups is 1. The van der Waals surface area contributed by atoms with Gasteiger partial charge in [0.05, 0.1) is 37.4 Å². The molecule has 0 spiro atoms. The summed E-state index contributed by atoms with van der Waals surface area (Å²) < 4.78 is 10.6. The smallest absolute Gasteiger partial charge is 0.238 e. The summed E-state index contributed by atoms with van der Waals surface area (Å²) in [6, 6.07) is 15.7. The van der Waals surface area contributed by atoms with Crippen molar-refractivity contribution in [2.75, 3.05) is 25.8 Å². The van der Waals surface area contributed by atoms with Crippen LogP contribution in [0.25, 0.3) is 21.7 Å². The van der Waals surface area contributed by atoms with Gasteiger partial charge in [-0.05, 0) is 54.1 Å². The van der Waals surface area contributed by atoms with Gasteiger partial charge in [0.2, 0.25) is 5.91 Å². The van der Waals surface area contributed by atoms with Crippen LogP contribution in [0.15, 0.2) is 48.5 Å². The largest absolute Gasteiger partial charge is 0.497 e. The zero-order valence-electron chi connectivity index (χ0n) is 16.8. The van der Waals surface area contributed by atoms with E-state index >= 15 is 0 Å². The summed E-state index contributed by atoms with van der Waals surface area (Å²) in [6.45, 7) is 0.408. The van der Waals surface area contributed by atoms with E-state index in [-0.39, 0.29) is 11.9 Å². The third-order valence-electron chi connectivity index (χ3n) is 4.83. The molecule has 1 fully saturated rings. The van der Waals surface area contributed by atoms with Crippen LogP contribution in [0.3, 0.4) is 0 Å². The number of amides is 1. The van der Waals surface area contributed by atoms with Crippen LogP contribution in [-0.4, -0.2) is 42.8 Å². The van der Waals surface area contributed by atoms with E-state index in [1.165, 1.54) is 0 Å². The molecule has 0 bridgehead atoms. The van der Waals surface area contributed by atoms with E-state index in [2.05, 4.69) is 10.6 Å². The first-order chi connectivity index (χ1) is 14.7. The Morgan fingerprint density at radius 3 is 2.27 bits per heavy atom. The van der Waals surface area contributed by atoms with Crippen molar-refractivity contribution in [1.82, 2.24) is 15.6 Å². The Morgan fingerprint density at radius 1 is 1.07 bits per heavy atom. The van der Waals surface area contributed by atoms with Crippen LogP contribution in [0.2, 0.25) is 0 Å². The van der Waals surface area contributed by atoms with Gasteiger partial charge in [0.25, 0.3) is 0 Å². The Hall–Kier alpha value is -2.55. The molecule has 2 aromatic carbocycles. The summed E-state index contributed by atoms with van der Waals surface area (Å²) in [5.74, 6) is 3.25. The standard InChI is InChI=1S/C22H23N3O3S2/c1-27-16-7-3-14(4-8-16)20-21(15-5-9-17(28-2)10-6-15)30-19(25-20)11-23-22(26)18-12-29-13-24-18/h3-10,18,24H,11-13H2,1-2H3,(H,23,26). The third kappa shape index (κ3) is 4.61. The number of carbonyl (C=O) groups excluding carboxylic acids is 1. The third-order valence-corrected chi connectivity index (χ3v) is 6.88. The minimum atomic E-state index is -0.128. The molecule has 0 aliphatic carbocycles. The molecule has 4 rings (SSSR count). The highest BCUT2D eigenvalue weighted by atomic mass is 32.2. The fourth-order valence-corrected chi connectivity index (χ4v) is 5.14. The van der Waals surface area contributed by atoms with Crippen molar-refractivity contribution in [2.45, 2.75) is 12.6 Å². The molecule has 0 saturated carbocycles. The Kier molecular flexibility index (Phi) is 6.56. The molecule has 1 saturated heterocycles. The zero-order valence-corrected chi connectivity index (χ0v) is 18.4. The van der Waals surface area contributed by atoms with Gasteiger partial charge in [-0.1, -0.05) is 0 Å². The quantitative estimate of drug-likeness (QED) is 0.582. The van der Waals surface area contributed by atoms with Gasteiger partial charge in [0.1, 0.15) is 16.5 Å². The maximum Gasteiger partial charge on any atom is 0.238 e. The van der Waals surface area contributed by atoms with Gasteiger partial charge < -0.3 is 14.8 Å². The number of nitrogens with one attached hydrogen (secondary N) is 2. The number of rotatable bonds is 7. The van der Waals surface area contributed by atoms with Gasteiger partial charge in [0.15, 0.2) is 0 Å². The first-order valence-electron chi connectivity index (χ1n) is 9.55. The molecule has 6 nitrogen and oxygen atoms in total. The Balaban J connectivity index is 1.62. The molecule has 1 aromatic heterocycles. The van der Waals surface area contributed by atoms with Crippen molar-refractivity contribution >= 4 is 29.0 Å². The molecule has 156 valence electrons. The number of nitrogens with zero attached hydrogens (tertiary/aromatic N) is 1. The van der Waals surface area contributed by atoms with Gasteiger partial charge in [-0.3, -0.25) is 10.1 Å². The second kappa shape index (κ2) is 9.51. The molecule has 3 aromatic rings. The van der Waals surface area contributed by atoms with E-state index in [9.17, 15) is 4.79 Å². The number of benzene rings is 2. The van der Waals surface area contributed by atoms with Crippen LogP contribution < -0.4 is 20.1 Å². The molecule has 1 amide bonds. The average Bonchev–Trinajstić information content (AvgIpc) is 3.48. The van der Waals surface area contributed by atoms with Crippen molar-refractivity contribution in [3.05, 3.63) is 53.5 Å². The number of aromatic nitrogens is 1. The first-order valence-corrected chi connectivity index (χ1v) is 11.5. The van der Waals surface area contributed by atoms with Gasteiger partial charge in [0, 0.05) is 17.2 Å². The summed E-state index contributed by atoms with van der Waals surface area (Å²) in [6.07, 6.45) is 0. The first kappa shape index (κ1) is 20.7. The number of hydrogen-bond acceptors (Lipinski definition) is 7. The van der Waals surface area contributed by atoms with E-state index in [1.807, 2.05) is 48.5 Å². The number of hydrogen-bond donors (Lipinski definition) is 2. The van der Waals surface area contributed by atoms with Crippen LogP contribution in [0.5, 0.6) is 11.5 Å². The fraction of sp³-hybridized carbons (Fsp3) is 0.273. The molecule has 1 aliphatic heterocycles. The van der Waals surface area contributed by atoms with E-state index in [1.54, 1.807) is 37.3 Å². The highest BCUT2D eigenvalue weighted by Crippen LogP contribution is 2.38. The van der Waals surface area contributed by atoms with Crippen molar-refractivity contribution in [2.24, 2.45) is 0 Å². The zero-order chi connectivity index (χ0) is 20.9. The van der Waals surface area contributed by atoms with Gasteiger partial charge >= 0.3 is 0 Å². The van der Waals surface area contributed by atoms with Gasteiger partial charge in [-0.15, -0.1) is 23.1 Å². The Labute approximate surface area is 184 Å². The molecule has 1 aliphatic rings. The number of thioether (sulfide) groups is 1. The van der Waals surface area contributed by atoms with E-state index in [0.29, 0.717) is 6.54 Å². The minimum absolute atomic E-state index is 0.0206. The van der Waals surface area contributed by atoms with E-state index in [4.69, 9.17) is 14.5 Å². The molecule has 30 heavy (non-hydrogen) atoms. The minimum Gasteiger partial charge on any atom is -0.497 e. The van der Waals surface area contributed by atoms with E-state index < -0.39 is 0 Å². The summed E-state index contributed by atoms with van der Waals surface area (Å²) >= 11 is 3.33. The summed E-state index contributed by atoms with van der Waals surface area (Å²) in [5.41, 5.74) is 2.96. The maximum absolute atomic E-state index is 12.4. The molecule has 1 atom stereocenters. The number of methoxy groups -OCH3 is 2. The van der Waals surface area contributed by atoms with Crippen molar-refractivity contribution in [3.8, 4) is 33.2 Å². The number of thiazole rings is 1. The maximum atomic E-state index is 12.4. The van der Waals surface area contributed by atoms with Gasteiger partial charge in [-0.25, -0.2) is 4.98 Å². The monoisotopic (exact) mass is 441 g/mol. The lowest BCUT2D eigenvalue weighted by molar-refractivity contribution is -0.122. The molecule has 1 unspecified atom stereocenters. The van der Waals surface area contributed by atoms with Crippen molar-refractivity contribution in [3.63, 3.8) is 0 Å². The topological polar surface area (TPSA) is 72.5 Å². The number of ether oxygens (including phenoxy) is 2. The molecule has 8 heteroatoms. The highest BCUT2D eigenvalue weighted by Gasteiger charge is 2.23. The van der Waals surface area contributed by atoms with Crippen LogP contribution >= 0.6 is 23.1 Å². The van der Waals surface area contributed by atoms with Crippen LogP contribution in [0.4, 0.5) is 0 Å². The predicted molar refractivity (Wildman–Crippen MR) is 122 cm³/mol. The van der Waals surface area contributed by atoms with Crippen molar-refractivity contribution < 1.29 is 14.3 Å². The normalized spacial score (nSPS) is 15.7. The summed E-state index contributed by atoms with van der Waals surface area (Å²) in [5, 5.41) is 7.07. The average molecular weight is 442 g/mol.